The smallest absolute Gasteiger partial charge is 0.265 e. The fourth-order valence-electron chi connectivity index (χ4n) is 4.87. The molecule has 0 saturated carbocycles. The Kier molecular flexibility index (Phi) is 8.66. The lowest BCUT2D eigenvalue weighted by atomic mass is 10.1. The lowest BCUT2D eigenvalue weighted by molar-refractivity contribution is -0.128. The van der Waals surface area contributed by atoms with Gasteiger partial charge < -0.3 is 19.7 Å². The number of hydrogen-bond acceptors (Lipinski definition) is 6. The van der Waals surface area contributed by atoms with Crippen LogP contribution in [0.4, 0.5) is 5.69 Å². The number of hydrogen-bond donors (Lipinski definition) is 1. The molecule has 1 fully saturated rings. The van der Waals surface area contributed by atoms with E-state index in [9.17, 15) is 18.0 Å². The summed E-state index contributed by atoms with van der Waals surface area (Å²) >= 11 is 0. The first-order valence-corrected chi connectivity index (χ1v) is 15.0. The van der Waals surface area contributed by atoms with E-state index in [4.69, 9.17) is 9.47 Å². The maximum absolute atomic E-state index is 13.3. The van der Waals surface area contributed by atoms with E-state index in [0.29, 0.717) is 36.8 Å². The van der Waals surface area contributed by atoms with Gasteiger partial charge in [0.05, 0.1) is 17.1 Å². The van der Waals surface area contributed by atoms with Crippen molar-refractivity contribution in [2.24, 2.45) is 0 Å². The second kappa shape index (κ2) is 12.5. The molecule has 0 aromatic heterocycles. The van der Waals surface area contributed by atoms with E-state index in [-0.39, 0.29) is 29.9 Å². The Morgan fingerprint density at radius 3 is 2.27 bits per heavy atom. The molecule has 210 valence electrons. The first-order chi connectivity index (χ1) is 19.4. The van der Waals surface area contributed by atoms with Crippen LogP contribution in [-0.4, -0.2) is 56.9 Å². The van der Waals surface area contributed by atoms with Crippen molar-refractivity contribution >= 4 is 27.5 Å². The number of ether oxygens (including phenoxy) is 2. The zero-order valence-electron chi connectivity index (χ0n) is 22.2. The minimum Gasteiger partial charge on any atom is -0.484 e. The highest BCUT2D eigenvalue weighted by atomic mass is 32.2. The minimum absolute atomic E-state index is 0.0346. The van der Waals surface area contributed by atoms with Gasteiger partial charge in [-0.2, -0.15) is 4.31 Å². The number of sulfonamides is 1. The third-order valence-electron chi connectivity index (χ3n) is 7.07. The molecule has 1 N–H and O–H groups in total. The molecule has 40 heavy (non-hydrogen) atoms. The molecule has 3 aromatic carbocycles. The average molecular weight is 564 g/mol. The van der Waals surface area contributed by atoms with Crippen molar-refractivity contribution in [1.82, 2.24) is 9.62 Å². The van der Waals surface area contributed by atoms with Gasteiger partial charge >= 0.3 is 0 Å². The minimum atomic E-state index is -3.57. The van der Waals surface area contributed by atoms with Gasteiger partial charge in [-0.1, -0.05) is 55.3 Å². The Morgan fingerprint density at radius 1 is 0.875 bits per heavy atom. The highest BCUT2D eigenvalue weighted by Crippen LogP contribution is 2.33. The highest BCUT2D eigenvalue weighted by Gasteiger charge is 2.34. The SMILES string of the molecule is O=C(NCc1ccccc1)C1CN(C(=O)COc2ccc(S(=O)(=O)N3CCCCCC3)cc2)c2ccccc2O1. The van der Waals surface area contributed by atoms with Crippen LogP contribution in [0.25, 0.3) is 0 Å². The van der Waals surface area contributed by atoms with Crippen molar-refractivity contribution in [3.63, 3.8) is 0 Å². The van der Waals surface area contributed by atoms with Crippen molar-refractivity contribution in [2.75, 3.05) is 31.1 Å². The summed E-state index contributed by atoms with van der Waals surface area (Å²) in [5.41, 5.74) is 1.51. The van der Waals surface area contributed by atoms with Gasteiger partial charge in [0, 0.05) is 19.6 Å². The number of rotatable bonds is 8. The third kappa shape index (κ3) is 6.46. The van der Waals surface area contributed by atoms with Gasteiger partial charge in [0.25, 0.3) is 11.8 Å². The number of anilines is 1. The molecule has 0 spiro atoms. The number of nitrogens with zero attached hydrogens (tertiary/aromatic N) is 2. The summed E-state index contributed by atoms with van der Waals surface area (Å²) in [5.74, 6) is 0.142. The Hall–Kier alpha value is -3.89. The largest absolute Gasteiger partial charge is 0.484 e. The Morgan fingerprint density at radius 2 is 1.55 bits per heavy atom. The molecule has 2 aliphatic heterocycles. The number of benzene rings is 3. The van der Waals surface area contributed by atoms with E-state index in [0.717, 1.165) is 31.2 Å². The zero-order chi connectivity index (χ0) is 28.0. The summed E-state index contributed by atoms with van der Waals surface area (Å²) < 4.78 is 39.3. The van der Waals surface area contributed by atoms with Crippen LogP contribution >= 0.6 is 0 Å². The first kappa shape index (κ1) is 27.7. The van der Waals surface area contributed by atoms with Crippen LogP contribution in [0.1, 0.15) is 31.2 Å². The molecule has 1 atom stereocenters. The summed E-state index contributed by atoms with van der Waals surface area (Å²) in [5, 5.41) is 2.88. The lowest BCUT2D eigenvalue weighted by Crippen LogP contribution is -2.51. The summed E-state index contributed by atoms with van der Waals surface area (Å²) in [4.78, 5) is 27.9. The molecule has 1 saturated heterocycles. The predicted molar refractivity (Wildman–Crippen MR) is 151 cm³/mol. The zero-order valence-corrected chi connectivity index (χ0v) is 23.0. The number of fused-ring (bicyclic) bond motifs is 1. The van der Waals surface area contributed by atoms with Gasteiger partial charge in [0.2, 0.25) is 10.0 Å². The lowest BCUT2D eigenvalue weighted by Gasteiger charge is -2.34. The van der Waals surface area contributed by atoms with Crippen LogP contribution < -0.4 is 19.7 Å². The maximum atomic E-state index is 13.3. The van der Waals surface area contributed by atoms with Crippen molar-refractivity contribution < 1.29 is 27.5 Å². The first-order valence-electron chi connectivity index (χ1n) is 13.5. The van der Waals surface area contributed by atoms with Crippen LogP contribution in [0, 0.1) is 0 Å². The molecule has 3 aromatic rings. The normalized spacial score (nSPS) is 17.7. The number of nitrogens with one attached hydrogen (secondary N) is 1. The molecule has 0 aliphatic carbocycles. The summed E-state index contributed by atoms with van der Waals surface area (Å²) in [6.45, 7) is 1.15. The summed E-state index contributed by atoms with van der Waals surface area (Å²) in [6.07, 6.45) is 2.93. The molecular formula is C30H33N3O6S. The number of amides is 2. The van der Waals surface area contributed by atoms with Gasteiger partial charge in [0.1, 0.15) is 11.5 Å². The third-order valence-corrected chi connectivity index (χ3v) is 8.98. The molecule has 0 radical (unpaired) electrons. The summed E-state index contributed by atoms with van der Waals surface area (Å²) in [6, 6.07) is 22.7. The molecule has 2 heterocycles. The van der Waals surface area contributed by atoms with E-state index in [2.05, 4.69) is 5.32 Å². The van der Waals surface area contributed by atoms with E-state index in [1.807, 2.05) is 30.3 Å². The van der Waals surface area contributed by atoms with Gasteiger partial charge in [-0.15, -0.1) is 0 Å². The predicted octanol–water partition coefficient (Wildman–Crippen LogP) is 3.74. The molecule has 1 unspecified atom stereocenters. The Balaban J connectivity index is 1.22. The number of para-hydroxylation sites is 2. The van der Waals surface area contributed by atoms with Gasteiger partial charge in [-0.25, -0.2) is 8.42 Å². The fourth-order valence-corrected chi connectivity index (χ4v) is 6.38. The van der Waals surface area contributed by atoms with E-state index >= 15 is 0 Å². The standard InChI is InChI=1S/C30H33N3O6S/c34-29(22-38-24-14-16-25(17-15-24)40(36,37)32-18-8-1-2-9-19-32)33-21-28(39-27-13-7-6-12-26(27)33)30(35)31-20-23-10-4-3-5-11-23/h3-7,10-17,28H,1-2,8-9,18-22H2,(H,31,35). The van der Waals surface area contributed by atoms with E-state index in [1.165, 1.54) is 17.0 Å². The highest BCUT2D eigenvalue weighted by molar-refractivity contribution is 7.89. The summed E-state index contributed by atoms with van der Waals surface area (Å²) in [7, 11) is -3.57. The van der Waals surface area contributed by atoms with Crippen LogP contribution in [0.15, 0.2) is 83.8 Å². The second-order valence-corrected chi connectivity index (χ2v) is 11.8. The van der Waals surface area contributed by atoms with Crippen LogP contribution in [0.5, 0.6) is 11.5 Å². The number of carbonyl (C=O) groups excluding carboxylic acids is 2. The Labute approximate surface area is 234 Å². The molecule has 0 bridgehead atoms. The quantitative estimate of drug-likeness (QED) is 0.448. The van der Waals surface area contributed by atoms with Crippen molar-refractivity contribution in [3.05, 3.63) is 84.4 Å². The van der Waals surface area contributed by atoms with Crippen LogP contribution in [-0.2, 0) is 26.2 Å². The Bertz CT molecular complexity index is 1420. The average Bonchev–Trinajstić information content (AvgIpc) is 3.29. The van der Waals surface area contributed by atoms with E-state index in [1.54, 1.807) is 40.7 Å². The maximum Gasteiger partial charge on any atom is 0.265 e. The van der Waals surface area contributed by atoms with Gasteiger partial charge in [0.15, 0.2) is 12.7 Å². The topological polar surface area (TPSA) is 105 Å². The second-order valence-electron chi connectivity index (χ2n) is 9.86. The van der Waals surface area contributed by atoms with Gasteiger partial charge in [-0.3, -0.25) is 9.59 Å². The van der Waals surface area contributed by atoms with Crippen molar-refractivity contribution in [2.45, 2.75) is 43.2 Å². The molecule has 2 aliphatic rings. The van der Waals surface area contributed by atoms with Gasteiger partial charge in [-0.05, 0) is 54.8 Å². The molecular weight excluding hydrogens is 530 g/mol. The molecule has 5 rings (SSSR count). The molecule has 10 heteroatoms. The molecule has 9 nitrogen and oxygen atoms in total. The van der Waals surface area contributed by atoms with E-state index < -0.39 is 16.1 Å². The van der Waals surface area contributed by atoms with Crippen molar-refractivity contribution in [1.29, 1.82) is 0 Å². The fraction of sp³-hybridized carbons (Fsp3) is 0.333. The molecule has 2 amide bonds. The number of carbonyl (C=O) groups is 2. The van der Waals surface area contributed by atoms with Crippen LogP contribution in [0.2, 0.25) is 0 Å². The monoisotopic (exact) mass is 563 g/mol. The van der Waals surface area contributed by atoms with Crippen LogP contribution in [0.3, 0.4) is 0 Å². The van der Waals surface area contributed by atoms with Crippen molar-refractivity contribution in [3.8, 4) is 11.5 Å².